The first kappa shape index (κ1) is 18.4. The third-order valence-corrected chi connectivity index (χ3v) is 4.05. The van der Waals surface area contributed by atoms with Crippen molar-refractivity contribution in [2.45, 2.75) is 46.6 Å². The maximum atomic E-state index is 12.1. The van der Waals surface area contributed by atoms with Gasteiger partial charge in [-0.2, -0.15) is 0 Å². The number of Topliss-reactive ketones (excluding diaryl/α,β-unsaturated/α-hetero) is 1. The second-order valence-electron chi connectivity index (χ2n) is 5.61. The van der Waals surface area contributed by atoms with Crippen molar-refractivity contribution in [2.24, 2.45) is 0 Å². The SMILES string of the molecule is CCN(CC)C(C)CNC(=O)CCC(=O)c1ccccc1C. The summed E-state index contributed by atoms with van der Waals surface area (Å²) in [5.74, 6) is -0.0222. The number of rotatable bonds is 9. The fraction of sp³-hybridized carbons (Fsp3) is 0.556. The van der Waals surface area contributed by atoms with Crippen LogP contribution in [-0.4, -0.2) is 42.3 Å². The molecule has 0 saturated carbocycles. The van der Waals surface area contributed by atoms with Crippen molar-refractivity contribution in [2.75, 3.05) is 19.6 Å². The Labute approximate surface area is 133 Å². The molecule has 1 aromatic carbocycles. The number of nitrogens with one attached hydrogen (secondary N) is 1. The van der Waals surface area contributed by atoms with Gasteiger partial charge in [-0.3, -0.25) is 14.5 Å². The van der Waals surface area contributed by atoms with Gasteiger partial charge < -0.3 is 5.32 Å². The molecule has 1 N–H and O–H groups in total. The first-order valence-corrected chi connectivity index (χ1v) is 8.09. The van der Waals surface area contributed by atoms with Crippen LogP contribution in [0.5, 0.6) is 0 Å². The van der Waals surface area contributed by atoms with Crippen LogP contribution >= 0.6 is 0 Å². The van der Waals surface area contributed by atoms with Gasteiger partial charge in [-0.05, 0) is 32.5 Å². The molecule has 0 aliphatic heterocycles. The van der Waals surface area contributed by atoms with Crippen LogP contribution in [0.3, 0.4) is 0 Å². The Balaban J connectivity index is 2.37. The summed E-state index contributed by atoms with van der Waals surface area (Å²) in [7, 11) is 0. The molecule has 4 heteroatoms. The van der Waals surface area contributed by atoms with Crippen molar-refractivity contribution in [1.82, 2.24) is 10.2 Å². The largest absolute Gasteiger partial charge is 0.355 e. The Morgan fingerprint density at radius 1 is 1.14 bits per heavy atom. The number of hydrogen-bond acceptors (Lipinski definition) is 3. The van der Waals surface area contributed by atoms with Gasteiger partial charge in [-0.15, -0.1) is 0 Å². The number of carbonyl (C=O) groups excluding carboxylic acids is 2. The normalized spacial score (nSPS) is 12.2. The number of ketones is 1. The second kappa shape index (κ2) is 9.36. The lowest BCUT2D eigenvalue weighted by atomic mass is 10.0. The molecule has 0 aromatic heterocycles. The fourth-order valence-corrected chi connectivity index (χ4v) is 2.57. The summed E-state index contributed by atoms with van der Waals surface area (Å²) < 4.78 is 0. The Hall–Kier alpha value is -1.68. The van der Waals surface area contributed by atoms with Crippen LogP contribution in [0.25, 0.3) is 0 Å². The molecule has 1 amide bonds. The van der Waals surface area contributed by atoms with Crippen molar-refractivity contribution in [3.8, 4) is 0 Å². The molecule has 22 heavy (non-hydrogen) atoms. The maximum absolute atomic E-state index is 12.1. The van der Waals surface area contributed by atoms with Crippen molar-refractivity contribution >= 4 is 11.7 Å². The van der Waals surface area contributed by atoms with Gasteiger partial charge in [0.05, 0.1) is 0 Å². The lowest BCUT2D eigenvalue weighted by Gasteiger charge is -2.26. The van der Waals surface area contributed by atoms with Gasteiger partial charge in [0.1, 0.15) is 0 Å². The minimum absolute atomic E-state index is 0.0324. The van der Waals surface area contributed by atoms with Crippen molar-refractivity contribution in [1.29, 1.82) is 0 Å². The van der Waals surface area contributed by atoms with Gasteiger partial charge in [-0.25, -0.2) is 0 Å². The monoisotopic (exact) mass is 304 g/mol. The van der Waals surface area contributed by atoms with E-state index < -0.39 is 0 Å². The molecule has 1 rings (SSSR count). The first-order chi connectivity index (χ1) is 10.5. The number of benzene rings is 1. The van der Waals surface area contributed by atoms with E-state index in [9.17, 15) is 9.59 Å². The van der Waals surface area contributed by atoms with E-state index in [1.54, 1.807) is 0 Å². The molecule has 0 radical (unpaired) electrons. The lowest BCUT2D eigenvalue weighted by molar-refractivity contribution is -0.121. The highest BCUT2D eigenvalue weighted by Crippen LogP contribution is 2.10. The molecular weight excluding hydrogens is 276 g/mol. The molecule has 0 aliphatic rings. The molecule has 1 unspecified atom stereocenters. The van der Waals surface area contributed by atoms with Gasteiger partial charge in [0.15, 0.2) is 5.78 Å². The summed E-state index contributed by atoms with van der Waals surface area (Å²) >= 11 is 0. The molecule has 1 aromatic rings. The Morgan fingerprint density at radius 2 is 1.77 bits per heavy atom. The third-order valence-electron chi connectivity index (χ3n) is 4.05. The highest BCUT2D eigenvalue weighted by atomic mass is 16.2. The zero-order valence-electron chi connectivity index (χ0n) is 14.2. The maximum Gasteiger partial charge on any atom is 0.220 e. The van der Waals surface area contributed by atoms with Crippen molar-refractivity contribution < 1.29 is 9.59 Å². The van der Waals surface area contributed by atoms with Crippen LogP contribution in [0.2, 0.25) is 0 Å². The first-order valence-electron chi connectivity index (χ1n) is 8.09. The van der Waals surface area contributed by atoms with E-state index in [2.05, 4.69) is 31.0 Å². The summed E-state index contributed by atoms with van der Waals surface area (Å²) in [4.78, 5) is 26.3. The smallest absolute Gasteiger partial charge is 0.220 e. The predicted molar refractivity (Wildman–Crippen MR) is 90.1 cm³/mol. The van der Waals surface area contributed by atoms with Crippen molar-refractivity contribution in [3.63, 3.8) is 0 Å². The van der Waals surface area contributed by atoms with E-state index in [-0.39, 0.29) is 24.5 Å². The standard InChI is InChI=1S/C18H28N2O2/c1-5-20(6-2)15(4)13-19-18(22)12-11-17(21)16-10-8-7-9-14(16)3/h7-10,15H,5-6,11-13H2,1-4H3,(H,19,22). The predicted octanol–water partition coefficient (Wildman–Crippen LogP) is 2.80. The van der Waals surface area contributed by atoms with Gasteiger partial charge >= 0.3 is 0 Å². The molecule has 0 heterocycles. The minimum Gasteiger partial charge on any atom is -0.355 e. The molecular formula is C18H28N2O2. The zero-order chi connectivity index (χ0) is 16.5. The molecule has 1 atom stereocenters. The Morgan fingerprint density at radius 3 is 2.36 bits per heavy atom. The fourth-order valence-electron chi connectivity index (χ4n) is 2.57. The highest BCUT2D eigenvalue weighted by Gasteiger charge is 2.13. The molecule has 0 saturated heterocycles. The Bertz CT molecular complexity index is 496. The van der Waals surface area contributed by atoms with Crippen LogP contribution in [0.15, 0.2) is 24.3 Å². The molecule has 0 bridgehead atoms. The van der Waals surface area contributed by atoms with Crippen LogP contribution < -0.4 is 5.32 Å². The van der Waals surface area contributed by atoms with E-state index in [1.165, 1.54) is 0 Å². The molecule has 4 nitrogen and oxygen atoms in total. The molecule has 0 fully saturated rings. The minimum atomic E-state index is -0.0547. The quantitative estimate of drug-likeness (QED) is 0.714. The number of hydrogen-bond donors (Lipinski definition) is 1. The van der Waals surface area contributed by atoms with Crippen LogP contribution in [0, 0.1) is 6.92 Å². The summed E-state index contributed by atoms with van der Waals surface area (Å²) in [6.45, 7) is 10.8. The number of carbonyl (C=O) groups is 2. The summed E-state index contributed by atoms with van der Waals surface area (Å²) in [5, 5.41) is 2.92. The van der Waals surface area contributed by atoms with Gasteiger partial charge in [0, 0.05) is 31.0 Å². The third kappa shape index (κ3) is 5.60. The van der Waals surface area contributed by atoms with Crippen LogP contribution in [0.1, 0.15) is 49.5 Å². The van der Waals surface area contributed by atoms with Gasteiger partial charge in [0.25, 0.3) is 0 Å². The number of aryl methyl sites for hydroxylation is 1. The average Bonchev–Trinajstić information content (AvgIpc) is 2.52. The molecule has 0 aliphatic carbocycles. The Kier molecular flexibility index (Phi) is 7.82. The van der Waals surface area contributed by atoms with E-state index >= 15 is 0 Å². The van der Waals surface area contributed by atoms with Crippen LogP contribution in [0.4, 0.5) is 0 Å². The summed E-state index contributed by atoms with van der Waals surface area (Å²) in [5.41, 5.74) is 1.68. The van der Waals surface area contributed by atoms with Crippen LogP contribution in [-0.2, 0) is 4.79 Å². The lowest BCUT2D eigenvalue weighted by Crippen LogP contribution is -2.42. The average molecular weight is 304 g/mol. The summed E-state index contributed by atoms with van der Waals surface area (Å²) in [6, 6.07) is 7.81. The van der Waals surface area contributed by atoms with Gasteiger partial charge in [0.2, 0.25) is 5.91 Å². The summed E-state index contributed by atoms with van der Waals surface area (Å²) in [6.07, 6.45) is 0.508. The number of amides is 1. The van der Waals surface area contributed by atoms with E-state index in [1.807, 2.05) is 31.2 Å². The van der Waals surface area contributed by atoms with E-state index in [0.717, 1.165) is 18.7 Å². The zero-order valence-corrected chi connectivity index (χ0v) is 14.2. The van der Waals surface area contributed by atoms with Crippen molar-refractivity contribution in [3.05, 3.63) is 35.4 Å². The number of nitrogens with zero attached hydrogens (tertiary/aromatic N) is 1. The number of likely N-dealkylation sites (N-methyl/N-ethyl adjacent to an activating group) is 1. The molecule has 0 spiro atoms. The van der Waals surface area contributed by atoms with E-state index in [0.29, 0.717) is 18.2 Å². The molecule has 122 valence electrons. The topological polar surface area (TPSA) is 49.4 Å². The van der Waals surface area contributed by atoms with Gasteiger partial charge in [-0.1, -0.05) is 38.1 Å². The van der Waals surface area contributed by atoms with E-state index in [4.69, 9.17) is 0 Å². The second-order valence-corrected chi connectivity index (χ2v) is 5.61. The highest BCUT2D eigenvalue weighted by molar-refractivity contribution is 5.99.